The highest BCUT2D eigenvalue weighted by atomic mass is 16.2. The molecule has 0 aliphatic rings. The van der Waals surface area contributed by atoms with Crippen LogP contribution in [0.4, 0.5) is 5.69 Å². The van der Waals surface area contributed by atoms with E-state index in [2.05, 4.69) is 10.3 Å². The second-order valence-electron chi connectivity index (χ2n) is 3.14. The Morgan fingerprint density at radius 1 is 1.25 bits per heavy atom. The maximum atomic E-state index is 10.8. The van der Waals surface area contributed by atoms with Crippen LogP contribution in [0.3, 0.4) is 0 Å². The minimum Gasteiger partial charge on any atom is -0.366 e. The van der Waals surface area contributed by atoms with E-state index in [1.807, 2.05) is 0 Å². The molecule has 0 saturated heterocycles. The lowest BCUT2D eigenvalue weighted by atomic mass is 10.2. The summed E-state index contributed by atoms with van der Waals surface area (Å²) in [4.78, 5) is 21.6. The van der Waals surface area contributed by atoms with Gasteiger partial charge in [0.15, 0.2) is 0 Å². The van der Waals surface area contributed by atoms with Gasteiger partial charge in [-0.25, -0.2) is 5.01 Å². The number of carbonyl (C=O) groups is 2. The van der Waals surface area contributed by atoms with Crippen LogP contribution in [0, 0.1) is 0 Å². The first-order chi connectivity index (χ1) is 7.50. The number of amides is 2. The summed E-state index contributed by atoms with van der Waals surface area (Å²) >= 11 is 0. The third-order valence-corrected chi connectivity index (χ3v) is 1.90. The molecule has 0 radical (unpaired) electrons. The van der Waals surface area contributed by atoms with E-state index >= 15 is 0 Å². The monoisotopic (exact) mass is 220 g/mol. The van der Waals surface area contributed by atoms with E-state index < -0.39 is 5.91 Å². The molecule has 6 nitrogen and oxygen atoms in total. The van der Waals surface area contributed by atoms with Gasteiger partial charge in [0.25, 0.3) is 0 Å². The summed E-state index contributed by atoms with van der Waals surface area (Å²) in [6, 6.07) is 6.28. The van der Waals surface area contributed by atoms with Crippen LogP contribution in [0.15, 0.2) is 34.6 Å². The molecule has 0 fully saturated rings. The molecule has 0 heterocycles. The molecule has 2 N–H and O–H groups in total. The third kappa shape index (κ3) is 3.16. The Balaban J connectivity index is 2.76. The van der Waals surface area contributed by atoms with Crippen molar-refractivity contribution in [2.24, 2.45) is 16.1 Å². The van der Waals surface area contributed by atoms with E-state index in [1.54, 1.807) is 24.3 Å². The van der Waals surface area contributed by atoms with Gasteiger partial charge in [0.2, 0.25) is 11.8 Å². The number of hydrogen-bond donors (Lipinski definition) is 1. The Hall–Kier alpha value is -2.24. The summed E-state index contributed by atoms with van der Waals surface area (Å²) in [6.45, 7) is 1.38. The minimum absolute atomic E-state index is 0.211. The highest BCUT2D eigenvalue weighted by Crippen LogP contribution is 2.13. The fourth-order valence-electron chi connectivity index (χ4n) is 0.874. The van der Waals surface area contributed by atoms with Gasteiger partial charge >= 0.3 is 0 Å². The van der Waals surface area contributed by atoms with Gasteiger partial charge in [-0.3, -0.25) is 9.59 Å². The first-order valence-electron chi connectivity index (χ1n) is 4.56. The molecule has 1 rings (SSSR count). The van der Waals surface area contributed by atoms with E-state index in [9.17, 15) is 9.59 Å². The van der Waals surface area contributed by atoms with Gasteiger partial charge < -0.3 is 5.73 Å². The summed E-state index contributed by atoms with van der Waals surface area (Å²) in [5, 5.41) is 8.58. The van der Waals surface area contributed by atoms with Crippen molar-refractivity contribution in [1.82, 2.24) is 5.01 Å². The normalized spacial score (nSPS) is 10.4. The molecule has 1 aromatic rings. The average molecular weight is 220 g/mol. The number of carbonyl (C=O) groups excluding carboxylic acids is 2. The standard InChI is InChI=1S/C10H12N4O2/c1-7(15)14(2)13-12-9-5-3-8(4-6-9)10(11)16/h3-6H,1-2H3,(H2,11,16). The Morgan fingerprint density at radius 3 is 2.25 bits per heavy atom. The summed E-state index contributed by atoms with van der Waals surface area (Å²) in [6.07, 6.45) is 0. The number of primary amides is 1. The lowest BCUT2D eigenvalue weighted by Crippen LogP contribution is -2.15. The fraction of sp³-hybridized carbons (Fsp3) is 0.200. The molecule has 0 spiro atoms. The highest BCUT2D eigenvalue weighted by Gasteiger charge is 2.00. The Labute approximate surface area is 92.7 Å². The zero-order chi connectivity index (χ0) is 12.1. The Bertz CT molecular complexity index is 425. The van der Waals surface area contributed by atoms with Crippen LogP contribution in [0.1, 0.15) is 17.3 Å². The molecular weight excluding hydrogens is 208 g/mol. The zero-order valence-electron chi connectivity index (χ0n) is 9.04. The Morgan fingerprint density at radius 2 is 1.81 bits per heavy atom. The second kappa shape index (κ2) is 5.01. The van der Waals surface area contributed by atoms with Crippen LogP contribution in [-0.4, -0.2) is 23.9 Å². The Kier molecular flexibility index (Phi) is 3.71. The van der Waals surface area contributed by atoms with Crippen molar-refractivity contribution in [3.63, 3.8) is 0 Å². The van der Waals surface area contributed by atoms with Crippen molar-refractivity contribution in [1.29, 1.82) is 0 Å². The van der Waals surface area contributed by atoms with Crippen molar-refractivity contribution in [2.45, 2.75) is 6.92 Å². The molecule has 0 saturated carbocycles. The summed E-state index contributed by atoms with van der Waals surface area (Å²) in [5.74, 6) is -0.707. The first kappa shape index (κ1) is 11.8. The molecule has 0 bridgehead atoms. The van der Waals surface area contributed by atoms with E-state index in [0.29, 0.717) is 11.3 Å². The lowest BCUT2D eigenvalue weighted by Gasteiger charge is -2.04. The van der Waals surface area contributed by atoms with Crippen molar-refractivity contribution in [2.75, 3.05) is 7.05 Å². The van der Waals surface area contributed by atoms with Crippen LogP contribution in [0.25, 0.3) is 0 Å². The van der Waals surface area contributed by atoms with Gasteiger partial charge in [-0.15, -0.1) is 5.11 Å². The van der Waals surface area contributed by atoms with Gasteiger partial charge in [0, 0.05) is 19.5 Å². The largest absolute Gasteiger partial charge is 0.366 e. The predicted octanol–water partition coefficient (Wildman–Crippen LogP) is 1.26. The topological polar surface area (TPSA) is 88.1 Å². The molecule has 0 atom stereocenters. The van der Waals surface area contributed by atoms with Gasteiger partial charge in [-0.2, -0.15) is 0 Å². The molecule has 0 aromatic heterocycles. The van der Waals surface area contributed by atoms with E-state index in [4.69, 9.17) is 5.73 Å². The van der Waals surface area contributed by atoms with Crippen LogP contribution in [0.5, 0.6) is 0 Å². The van der Waals surface area contributed by atoms with Crippen molar-refractivity contribution < 1.29 is 9.59 Å². The minimum atomic E-state index is -0.496. The summed E-state index contributed by atoms with van der Waals surface area (Å²) in [5.41, 5.74) is 6.02. The van der Waals surface area contributed by atoms with Gasteiger partial charge in [0.05, 0.1) is 5.69 Å². The molecule has 2 amide bonds. The fourth-order valence-corrected chi connectivity index (χ4v) is 0.874. The van der Waals surface area contributed by atoms with Crippen molar-refractivity contribution in [3.8, 4) is 0 Å². The molecule has 0 unspecified atom stereocenters. The number of hydrogen-bond acceptors (Lipinski definition) is 4. The van der Waals surface area contributed by atoms with E-state index in [0.717, 1.165) is 5.01 Å². The van der Waals surface area contributed by atoms with E-state index in [1.165, 1.54) is 14.0 Å². The van der Waals surface area contributed by atoms with Crippen LogP contribution < -0.4 is 5.73 Å². The van der Waals surface area contributed by atoms with Gasteiger partial charge in [0.1, 0.15) is 0 Å². The maximum absolute atomic E-state index is 10.8. The first-order valence-corrected chi connectivity index (χ1v) is 4.56. The average Bonchev–Trinajstić information content (AvgIpc) is 2.26. The number of nitrogens with zero attached hydrogens (tertiary/aromatic N) is 3. The van der Waals surface area contributed by atoms with Gasteiger partial charge in [-0.05, 0) is 24.3 Å². The third-order valence-electron chi connectivity index (χ3n) is 1.90. The molecule has 6 heteroatoms. The predicted molar refractivity (Wildman–Crippen MR) is 57.9 cm³/mol. The highest BCUT2D eigenvalue weighted by molar-refractivity contribution is 5.92. The summed E-state index contributed by atoms with van der Waals surface area (Å²) < 4.78 is 0. The van der Waals surface area contributed by atoms with E-state index in [-0.39, 0.29) is 5.91 Å². The van der Waals surface area contributed by atoms with Crippen molar-refractivity contribution >= 4 is 17.5 Å². The maximum Gasteiger partial charge on any atom is 0.248 e. The molecule has 16 heavy (non-hydrogen) atoms. The van der Waals surface area contributed by atoms with Gasteiger partial charge in [-0.1, -0.05) is 5.22 Å². The number of benzene rings is 1. The van der Waals surface area contributed by atoms with Crippen LogP contribution >= 0.6 is 0 Å². The smallest absolute Gasteiger partial charge is 0.248 e. The quantitative estimate of drug-likeness (QED) is 0.614. The number of nitrogens with two attached hydrogens (primary N) is 1. The van der Waals surface area contributed by atoms with Crippen molar-refractivity contribution in [3.05, 3.63) is 29.8 Å². The molecular formula is C10H12N4O2. The number of rotatable bonds is 3. The molecule has 0 aliphatic heterocycles. The van der Waals surface area contributed by atoms with Crippen LogP contribution in [-0.2, 0) is 4.79 Å². The molecule has 1 aromatic carbocycles. The molecule has 0 aliphatic carbocycles. The van der Waals surface area contributed by atoms with Crippen LogP contribution in [0.2, 0.25) is 0 Å². The molecule has 84 valence electrons. The summed E-state index contributed by atoms with van der Waals surface area (Å²) in [7, 11) is 1.50. The zero-order valence-corrected chi connectivity index (χ0v) is 9.04. The second-order valence-corrected chi connectivity index (χ2v) is 3.14. The SMILES string of the molecule is CC(=O)N(C)N=Nc1ccc(C(N)=O)cc1. The lowest BCUT2D eigenvalue weighted by molar-refractivity contribution is -0.127.